The molecule has 1 saturated heterocycles. The van der Waals surface area contributed by atoms with Gasteiger partial charge in [0.15, 0.2) is 0 Å². The van der Waals surface area contributed by atoms with Crippen molar-refractivity contribution in [3.8, 4) is 11.3 Å². The predicted octanol–water partition coefficient (Wildman–Crippen LogP) is 5.23. The largest absolute Gasteiger partial charge is 0.457 e. The van der Waals surface area contributed by atoms with E-state index < -0.39 is 17.8 Å². The average molecular weight is 441 g/mol. The number of hydrogen-bond donors (Lipinski definition) is 1. The number of rotatable bonds is 3. The van der Waals surface area contributed by atoms with E-state index in [1.165, 1.54) is 6.08 Å². The van der Waals surface area contributed by atoms with E-state index >= 15 is 0 Å². The number of benzene rings is 2. The van der Waals surface area contributed by atoms with Gasteiger partial charge in [-0.3, -0.25) is 14.9 Å². The lowest BCUT2D eigenvalue weighted by molar-refractivity contribution is -0.122. The van der Waals surface area contributed by atoms with Crippen LogP contribution in [-0.2, 0) is 9.59 Å². The van der Waals surface area contributed by atoms with Gasteiger partial charge in [-0.2, -0.15) is 0 Å². The lowest BCUT2D eigenvalue weighted by atomic mass is 10.1. The van der Waals surface area contributed by atoms with Gasteiger partial charge in [0, 0.05) is 5.56 Å². The molecule has 0 spiro atoms. The maximum absolute atomic E-state index is 12.9. The van der Waals surface area contributed by atoms with Crippen LogP contribution < -0.4 is 10.2 Å². The number of aryl methyl sites for hydroxylation is 1. The first-order valence-corrected chi connectivity index (χ1v) is 9.63. The van der Waals surface area contributed by atoms with Crippen LogP contribution in [0.3, 0.4) is 0 Å². The van der Waals surface area contributed by atoms with Crippen LogP contribution in [-0.4, -0.2) is 17.8 Å². The second-order valence-corrected chi connectivity index (χ2v) is 7.39. The number of nitrogens with one attached hydrogen (secondary N) is 1. The Morgan fingerprint density at radius 3 is 2.53 bits per heavy atom. The fraction of sp³-hybridized carbons (Fsp3) is 0.0455. The molecule has 4 rings (SSSR count). The van der Waals surface area contributed by atoms with Gasteiger partial charge in [0.05, 0.1) is 15.7 Å². The number of urea groups is 1. The molecular formula is C22H14Cl2N2O4. The standard InChI is InChI=1S/C22H14Cl2N2O4/c1-12-4-2-5-13(10-12)26-21(28)16(20(27)25-22(26)29)11-14-8-9-18(30-14)15-6-3-7-17(23)19(15)24/h2-11H,1H3,(H,25,27,29)/b16-11-. The number of furan rings is 1. The molecule has 0 saturated carbocycles. The van der Waals surface area contributed by atoms with Crippen molar-refractivity contribution in [3.05, 3.63) is 81.5 Å². The first kappa shape index (κ1) is 19.9. The number of halogens is 2. The summed E-state index contributed by atoms with van der Waals surface area (Å²) in [5, 5.41) is 2.89. The molecule has 0 aliphatic carbocycles. The number of hydrogen-bond acceptors (Lipinski definition) is 4. The van der Waals surface area contributed by atoms with Crippen molar-refractivity contribution in [1.82, 2.24) is 5.32 Å². The molecule has 0 atom stereocenters. The lowest BCUT2D eigenvalue weighted by Crippen LogP contribution is -2.54. The molecule has 0 radical (unpaired) electrons. The van der Waals surface area contributed by atoms with Gasteiger partial charge in [-0.25, -0.2) is 9.69 Å². The minimum absolute atomic E-state index is 0.228. The molecule has 4 amide bonds. The molecule has 1 fully saturated rings. The summed E-state index contributed by atoms with van der Waals surface area (Å²) in [5.41, 5.74) is 1.57. The highest BCUT2D eigenvalue weighted by molar-refractivity contribution is 6.43. The minimum atomic E-state index is -0.807. The Kier molecular flexibility index (Phi) is 5.20. The van der Waals surface area contributed by atoms with Crippen molar-refractivity contribution in [2.24, 2.45) is 0 Å². The summed E-state index contributed by atoms with van der Waals surface area (Å²) in [4.78, 5) is 38.4. The maximum atomic E-state index is 12.9. The summed E-state index contributed by atoms with van der Waals surface area (Å²) in [6, 6.07) is 14.4. The van der Waals surface area contributed by atoms with Crippen molar-refractivity contribution in [3.63, 3.8) is 0 Å². The Hall–Kier alpha value is -3.35. The average Bonchev–Trinajstić information content (AvgIpc) is 3.16. The first-order valence-electron chi connectivity index (χ1n) is 8.87. The van der Waals surface area contributed by atoms with Crippen LogP contribution in [0.1, 0.15) is 11.3 Å². The predicted molar refractivity (Wildman–Crippen MR) is 114 cm³/mol. The van der Waals surface area contributed by atoms with Gasteiger partial charge in [-0.05, 0) is 55.0 Å². The highest BCUT2D eigenvalue weighted by Gasteiger charge is 2.37. The topological polar surface area (TPSA) is 79.6 Å². The van der Waals surface area contributed by atoms with Gasteiger partial charge >= 0.3 is 6.03 Å². The highest BCUT2D eigenvalue weighted by Crippen LogP contribution is 2.34. The van der Waals surface area contributed by atoms with E-state index in [-0.39, 0.29) is 11.3 Å². The summed E-state index contributed by atoms with van der Waals surface area (Å²) in [5.74, 6) is -0.872. The fourth-order valence-electron chi connectivity index (χ4n) is 3.07. The Labute approximate surface area is 181 Å². The zero-order valence-electron chi connectivity index (χ0n) is 15.6. The molecule has 0 bridgehead atoms. The van der Waals surface area contributed by atoms with Crippen LogP contribution in [0.2, 0.25) is 10.0 Å². The van der Waals surface area contributed by atoms with Crippen molar-refractivity contribution in [2.75, 3.05) is 4.90 Å². The Morgan fingerprint density at radius 1 is 1.00 bits per heavy atom. The molecule has 0 unspecified atom stereocenters. The van der Waals surface area contributed by atoms with Crippen LogP contribution >= 0.6 is 23.2 Å². The Bertz CT molecular complexity index is 1230. The second kappa shape index (κ2) is 7.82. The normalized spacial score (nSPS) is 15.6. The monoisotopic (exact) mass is 440 g/mol. The zero-order valence-corrected chi connectivity index (χ0v) is 17.1. The van der Waals surface area contributed by atoms with Gasteiger partial charge in [-0.15, -0.1) is 0 Å². The summed E-state index contributed by atoms with van der Waals surface area (Å²) in [6.45, 7) is 1.84. The van der Waals surface area contributed by atoms with Crippen molar-refractivity contribution in [2.45, 2.75) is 6.92 Å². The SMILES string of the molecule is Cc1cccc(N2C(=O)NC(=O)/C(=C/c3ccc(-c4cccc(Cl)c4Cl)o3)C2=O)c1. The number of barbiturate groups is 1. The third kappa shape index (κ3) is 3.63. The van der Waals surface area contributed by atoms with E-state index in [0.717, 1.165) is 10.5 Å². The summed E-state index contributed by atoms with van der Waals surface area (Å²) < 4.78 is 5.74. The maximum Gasteiger partial charge on any atom is 0.335 e. The smallest absolute Gasteiger partial charge is 0.335 e. The van der Waals surface area contributed by atoms with Crippen LogP contribution in [0.15, 0.2) is 64.6 Å². The molecule has 2 aromatic carbocycles. The van der Waals surface area contributed by atoms with Crippen molar-refractivity contribution >= 4 is 52.8 Å². The fourth-order valence-corrected chi connectivity index (χ4v) is 3.46. The zero-order chi connectivity index (χ0) is 21.4. The number of amides is 4. The quantitative estimate of drug-likeness (QED) is 0.446. The molecule has 150 valence electrons. The van der Waals surface area contributed by atoms with Gasteiger partial charge in [0.2, 0.25) is 0 Å². The highest BCUT2D eigenvalue weighted by atomic mass is 35.5. The summed E-state index contributed by atoms with van der Waals surface area (Å²) in [7, 11) is 0. The van der Waals surface area contributed by atoms with Crippen LogP contribution in [0, 0.1) is 6.92 Å². The van der Waals surface area contributed by atoms with Gasteiger partial charge in [-0.1, -0.05) is 41.4 Å². The third-order valence-corrected chi connectivity index (χ3v) is 5.31. The van der Waals surface area contributed by atoms with Crippen LogP contribution in [0.25, 0.3) is 17.4 Å². The molecule has 8 heteroatoms. The van der Waals surface area contributed by atoms with E-state index in [2.05, 4.69) is 5.32 Å². The van der Waals surface area contributed by atoms with E-state index in [1.54, 1.807) is 48.5 Å². The van der Waals surface area contributed by atoms with E-state index in [4.69, 9.17) is 27.6 Å². The van der Waals surface area contributed by atoms with Gasteiger partial charge < -0.3 is 4.42 Å². The molecule has 1 N–H and O–H groups in total. The lowest BCUT2D eigenvalue weighted by Gasteiger charge is -2.26. The second-order valence-electron chi connectivity index (χ2n) is 6.60. The van der Waals surface area contributed by atoms with Crippen molar-refractivity contribution < 1.29 is 18.8 Å². The van der Waals surface area contributed by atoms with Crippen molar-refractivity contribution in [1.29, 1.82) is 0 Å². The minimum Gasteiger partial charge on any atom is -0.457 e. The van der Waals surface area contributed by atoms with Gasteiger partial charge in [0.25, 0.3) is 11.8 Å². The molecule has 3 aromatic rings. The van der Waals surface area contributed by atoms with Gasteiger partial charge in [0.1, 0.15) is 17.1 Å². The number of imide groups is 2. The molecule has 1 aromatic heterocycles. The van der Waals surface area contributed by atoms with Crippen LogP contribution in [0.5, 0.6) is 0 Å². The van der Waals surface area contributed by atoms with E-state index in [1.807, 2.05) is 13.0 Å². The summed E-state index contributed by atoms with van der Waals surface area (Å²) in [6.07, 6.45) is 1.29. The van der Waals surface area contributed by atoms with E-state index in [0.29, 0.717) is 27.1 Å². The first-order chi connectivity index (χ1) is 14.3. The number of anilines is 1. The molecule has 2 heterocycles. The van der Waals surface area contributed by atoms with Crippen LogP contribution in [0.4, 0.5) is 10.5 Å². The molecule has 30 heavy (non-hydrogen) atoms. The number of nitrogens with zero attached hydrogens (tertiary/aromatic N) is 1. The number of carbonyl (C=O) groups is 3. The Balaban J connectivity index is 1.70. The molecule has 6 nitrogen and oxygen atoms in total. The summed E-state index contributed by atoms with van der Waals surface area (Å²) >= 11 is 12.3. The molecule has 1 aliphatic rings. The van der Waals surface area contributed by atoms with E-state index in [9.17, 15) is 14.4 Å². The molecular weight excluding hydrogens is 427 g/mol. The Morgan fingerprint density at radius 2 is 1.77 bits per heavy atom. The molecule has 1 aliphatic heterocycles. The number of carbonyl (C=O) groups excluding carboxylic acids is 3. The third-order valence-electron chi connectivity index (χ3n) is 4.49.